The Balaban J connectivity index is 1.89. The number of hydrogen-bond acceptors (Lipinski definition) is 7. The number of nitrogens with zero attached hydrogens (tertiary/aromatic N) is 3. The number of para-hydroxylation sites is 1. The van der Waals surface area contributed by atoms with E-state index in [2.05, 4.69) is 26.3 Å². The molecular weight excluding hydrogens is 583 g/mol. The molecule has 2 amide bonds. The summed E-state index contributed by atoms with van der Waals surface area (Å²) < 4.78 is 44.2. The molecule has 0 bridgehead atoms. The topological polar surface area (TPSA) is 111 Å². The highest BCUT2D eigenvalue weighted by molar-refractivity contribution is 6.04. The smallest absolute Gasteiger partial charge is 0.255 e. The number of carbonyl (C=O) groups excluding carboxylic acids is 2. The monoisotopic (exact) mass is 619 g/mol. The molecule has 0 aliphatic rings. The first-order valence-electron chi connectivity index (χ1n) is 14.4. The summed E-state index contributed by atoms with van der Waals surface area (Å²) in [6.45, 7) is 6.22. The van der Waals surface area contributed by atoms with Crippen LogP contribution in [0.4, 0.5) is 36.3 Å². The third kappa shape index (κ3) is 7.65. The predicted molar refractivity (Wildman–Crippen MR) is 170 cm³/mol. The van der Waals surface area contributed by atoms with Crippen LogP contribution in [0.25, 0.3) is 11.3 Å². The number of aryl methyl sites for hydroxylation is 2. The van der Waals surface area contributed by atoms with Gasteiger partial charge >= 0.3 is 0 Å². The van der Waals surface area contributed by atoms with Crippen LogP contribution in [-0.4, -0.2) is 49.0 Å². The predicted octanol–water partition coefficient (Wildman–Crippen LogP) is 5.85. The van der Waals surface area contributed by atoms with Gasteiger partial charge in [-0.25, -0.2) is 18.2 Å². The lowest BCUT2D eigenvalue weighted by Crippen LogP contribution is -2.26. The lowest BCUT2D eigenvalue weighted by Gasteiger charge is -2.25. The van der Waals surface area contributed by atoms with Crippen molar-refractivity contribution in [3.05, 3.63) is 94.3 Å². The summed E-state index contributed by atoms with van der Waals surface area (Å²) in [5, 5.41) is 12.2. The van der Waals surface area contributed by atoms with Crippen LogP contribution in [0.3, 0.4) is 0 Å². The van der Waals surface area contributed by atoms with Gasteiger partial charge in [-0.3, -0.25) is 14.5 Å². The summed E-state index contributed by atoms with van der Waals surface area (Å²) in [4.78, 5) is 35.7. The van der Waals surface area contributed by atoms with E-state index in [1.54, 1.807) is 32.2 Å². The molecule has 12 heteroatoms. The van der Waals surface area contributed by atoms with Gasteiger partial charge in [-0.05, 0) is 95.4 Å². The Labute approximate surface area is 260 Å². The van der Waals surface area contributed by atoms with Crippen LogP contribution in [0.5, 0.6) is 0 Å². The minimum absolute atomic E-state index is 0.0272. The van der Waals surface area contributed by atoms with E-state index in [0.717, 1.165) is 22.6 Å². The summed E-state index contributed by atoms with van der Waals surface area (Å²) in [6, 6.07) is 12.6. The van der Waals surface area contributed by atoms with Gasteiger partial charge in [0.2, 0.25) is 12.4 Å². The van der Waals surface area contributed by atoms with Crippen molar-refractivity contribution in [3.8, 4) is 11.3 Å². The Morgan fingerprint density at radius 2 is 1.64 bits per heavy atom. The van der Waals surface area contributed by atoms with Crippen LogP contribution in [0.2, 0.25) is 0 Å². The third-order valence-corrected chi connectivity index (χ3v) is 7.24. The fourth-order valence-corrected chi connectivity index (χ4v) is 4.77. The molecule has 0 aliphatic heterocycles. The molecule has 1 heterocycles. The molecule has 236 valence electrons. The molecule has 0 radical (unpaired) electrons. The molecule has 0 aliphatic carbocycles. The number of anilines is 4. The van der Waals surface area contributed by atoms with Crippen molar-refractivity contribution in [2.45, 2.75) is 39.8 Å². The second-order valence-corrected chi connectivity index (χ2v) is 10.7. The first-order chi connectivity index (χ1) is 21.6. The summed E-state index contributed by atoms with van der Waals surface area (Å²) >= 11 is 0. The number of aromatic nitrogens is 2. The minimum atomic E-state index is -0.942. The molecule has 1 aromatic heterocycles. The SMILES string of the molecule is CNCCC(C)Nc1nc(-c2cc(NC(=O)c3ccc(C)c(F)c3)ccc2C)c(CNC)c(N(C=O)c2c(F)cccc2F)n1. The maximum Gasteiger partial charge on any atom is 0.255 e. The van der Waals surface area contributed by atoms with Crippen molar-refractivity contribution in [2.75, 3.05) is 36.2 Å². The van der Waals surface area contributed by atoms with Gasteiger partial charge in [0.1, 0.15) is 23.1 Å². The van der Waals surface area contributed by atoms with Gasteiger partial charge in [-0.1, -0.05) is 18.2 Å². The average molecular weight is 620 g/mol. The van der Waals surface area contributed by atoms with Crippen LogP contribution >= 0.6 is 0 Å². The minimum Gasteiger partial charge on any atom is -0.352 e. The molecule has 0 spiro atoms. The summed E-state index contributed by atoms with van der Waals surface area (Å²) in [6.07, 6.45) is 1.02. The molecule has 9 nitrogen and oxygen atoms in total. The van der Waals surface area contributed by atoms with Crippen molar-refractivity contribution >= 4 is 35.5 Å². The standard InChI is InChI=1S/C33H36F3N7O2/c1-19-10-12-23(40-32(45)22-11-9-20(2)28(36)15-22)16-24(19)29-25(17-38-5)31(42-33(41-29)39-21(3)13-14-37-4)43(18-44)30-26(34)7-6-8-27(30)35/h6-12,15-16,18,21,37-38H,13-14,17H2,1-5H3,(H,40,45)(H,39,41,42). The lowest BCUT2D eigenvalue weighted by atomic mass is 9.99. The highest BCUT2D eigenvalue weighted by Gasteiger charge is 2.26. The zero-order chi connectivity index (χ0) is 32.7. The number of hydrogen-bond donors (Lipinski definition) is 4. The number of rotatable bonds is 13. The molecule has 4 aromatic rings. The zero-order valence-electron chi connectivity index (χ0n) is 25.8. The lowest BCUT2D eigenvalue weighted by molar-refractivity contribution is -0.106. The van der Waals surface area contributed by atoms with Gasteiger partial charge in [0, 0.05) is 35.0 Å². The van der Waals surface area contributed by atoms with E-state index in [4.69, 9.17) is 4.98 Å². The number of halogens is 3. The van der Waals surface area contributed by atoms with E-state index in [1.165, 1.54) is 24.3 Å². The quantitative estimate of drug-likeness (QED) is 0.139. The zero-order valence-corrected chi connectivity index (χ0v) is 25.8. The first kappa shape index (κ1) is 33.1. The Kier molecular flexibility index (Phi) is 10.9. The van der Waals surface area contributed by atoms with Crippen molar-refractivity contribution in [1.29, 1.82) is 0 Å². The molecule has 0 saturated carbocycles. The second-order valence-electron chi connectivity index (χ2n) is 10.7. The molecule has 4 N–H and O–H groups in total. The Bertz CT molecular complexity index is 1680. The molecule has 1 unspecified atom stereocenters. The Morgan fingerprint density at radius 1 is 0.933 bits per heavy atom. The number of nitrogens with one attached hydrogen (secondary N) is 4. The fourth-order valence-electron chi connectivity index (χ4n) is 4.77. The van der Waals surface area contributed by atoms with Gasteiger partial charge in [-0.15, -0.1) is 0 Å². The summed E-state index contributed by atoms with van der Waals surface area (Å²) in [7, 11) is 3.51. The Hall–Kier alpha value is -4.81. The van der Waals surface area contributed by atoms with Gasteiger partial charge in [0.15, 0.2) is 5.82 Å². The highest BCUT2D eigenvalue weighted by atomic mass is 19.1. The largest absolute Gasteiger partial charge is 0.352 e. The van der Waals surface area contributed by atoms with Crippen molar-refractivity contribution in [3.63, 3.8) is 0 Å². The van der Waals surface area contributed by atoms with E-state index in [9.17, 15) is 14.0 Å². The maximum atomic E-state index is 15.0. The Morgan fingerprint density at radius 3 is 2.29 bits per heavy atom. The molecule has 0 saturated heterocycles. The number of amides is 2. The highest BCUT2D eigenvalue weighted by Crippen LogP contribution is 2.37. The van der Waals surface area contributed by atoms with Crippen molar-refractivity contribution in [2.24, 2.45) is 0 Å². The third-order valence-electron chi connectivity index (χ3n) is 7.24. The fraction of sp³-hybridized carbons (Fsp3) is 0.273. The van der Waals surface area contributed by atoms with Gasteiger partial charge in [0.05, 0.1) is 5.69 Å². The summed E-state index contributed by atoms with van der Waals surface area (Å²) in [5.41, 5.74) is 2.49. The van der Waals surface area contributed by atoms with Crippen LogP contribution in [-0.2, 0) is 11.3 Å². The van der Waals surface area contributed by atoms with Crippen LogP contribution in [0.1, 0.15) is 40.4 Å². The van der Waals surface area contributed by atoms with Crippen LogP contribution in [0.15, 0.2) is 54.6 Å². The summed E-state index contributed by atoms with van der Waals surface area (Å²) in [5.74, 6) is -2.78. The van der Waals surface area contributed by atoms with Gasteiger partial charge < -0.3 is 21.3 Å². The van der Waals surface area contributed by atoms with E-state index < -0.39 is 29.0 Å². The molecular formula is C33H36F3N7O2. The van der Waals surface area contributed by atoms with E-state index in [1.807, 2.05) is 20.9 Å². The molecule has 0 fully saturated rings. The maximum absolute atomic E-state index is 15.0. The molecule has 3 aromatic carbocycles. The molecule has 1 atom stereocenters. The van der Waals surface area contributed by atoms with Crippen LogP contribution < -0.4 is 26.2 Å². The van der Waals surface area contributed by atoms with E-state index in [-0.39, 0.29) is 29.9 Å². The van der Waals surface area contributed by atoms with Crippen LogP contribution in [0, 0.1) is 31.3 Å². The average Bonchev–Trinajstić information content (AvgIpc) is 3.01. The number of carbonyl (C=O) groups is 2. The van der Waals surface area contributed by atoms with Gasteiger partial charge in [0.25, 0.3) is 5.91 Å². The second kappa shape index (κ2) is 14.8. The molecule has 45 heavy (non-hydrogen) atoms. The van der Waals surface area contributed by atoms with Crippen molar-refractivity contribution < 1.29 is 22.8 Å². The number of benzene rings is 3. The normalized spacial score (nSPS) is 11.6. The first-order valence-corrected chi connectivity index (χ1v) is 14.4. The van der Waals surface area contributed by atoms with E-state index in [0.29, 0.717) is 47.4 Å². The van der Waals surface area contributed by atoms with Crippen molar-refractivity contribution in [1.82, 2.24) is 20.6 Å². The molecule has 4 rings (SSSR count). The van der Waals surface area contributed by atoms with Gasteiger partial charge in [-0.2, -0.15) is 4.98 Å². The van der Waals surface area contributed by atoms with E-state index >= 15 is 8.78 Å².